The average Bonchev–Trinajstić information content (AvgIpc) is 3.31. The zero-order chi connectivity index (χ0) is 21.6. The highest BCUT2D eigenvalue weighted by molar-refractivity contribution is 7.86. The molecular weight excluding hydrogens is 421 g/mol. The number of carbonyl (C=O) groups is 1. The zero-order valence-corrected chi connectivity index (χ0v) is 16.0. The molecule has 0 spiro atoms. The van der Waals surface area contributed by atoms with Gasteiger partial charge in [0.2, 0.25) is 0 Å². The van der Waals surface area contributed by atoms with Crippen molar-refractivity contribution >= 4 is 33.2 Å². The highest BCUT2D eigenvalue weighted by Crippen LogP contribution is 2.42. The Bertz CT molecular complexity index is 1250. The highest BCUT2D eigenvalue weighted by Gasteiger charge is 2.39. The standard InChI is InChI=1S/C17H16FN5O6S/c18-30(27,28)8-1-2-9(17(25)26)10(3-8)11-4-13(29-12(11)5-24)23-7-22-14-15(19)20-6-21-16(14)23/h1-3,6-7,11-13,24H,4-5H2,(H,25,26)(H2,19,20,21)/t11-,12-,13-/m1/s1. The fraction of sp³-hybridized carbons (Fsp3) is 0.294. The van der Waals surface area contributed by atoms with Gasteiger partial charge < -0.3 is 20.7 Å². The van der Waals surface area contributed by atoms with Crippen LogP contribution in [0.3, 0.4) is 0 Å². The van der Waals surface area contributed by atoms with E-state index in [1.807, 2.05) is 0 Å². The molecule has 3 atom stereocenters. The number of nitrogen functional groups attached to an aromatic ring is 1. The first-order valence-corrected chi connectivity index (χ1v) is 10.1. The van der Waals surface area contributed by atoms with E-state index in [2.05, 4.69) is 15.0 Å². The monoisotopic (exact) mass is 437 g/mol. The molecule has 1 saturated heterocycles. The molecule has 0 bridgehead atoms. The van der Waals surface area contributed by atoms with Crippen LogP contribution >= 0.6 is 0 Å². The summed E-state index contributed by atoms with van der Waals surface area (Å²) in [6.07, 6.45) is 1.25. The number of aromatic carboxylic acids is 1. The summed E-state index contributed by atoms with van der Waals surface area (Å²) in [5.74, 6) is -1.88. The lowest BCUT2D eigenvalue weighted by molar-refractivity contribution is -0.0238. The van der Waals surface area contributed by atoms with Crippen molar-refractivity contribution in [1.82, 2.24) is 19.5 Å². The maximum atomic E-state index is 13.5. The van der Waals surface area contributed by atoms with Gasteiger partial charge in [-0.25, -0.2) is 19.7 Å². The summed E-state index contributed by atoms with van der Waals surface area (Å²) in [6.45, 7) is -0.476. The minimum absolute atomic E-state index is 0.0429. The van der Waals surface area contributed by atoms with Gasteiger partial charge in [0.1, 0.15) is 18.1 Å². The van der Waals surface area contributed by atoms with Gasteiger partial charge in [0.05, 0.1) is 29.5 Å². The van der Waals surface area contributed by atoms with Gasteiger partial charge in [-0.3, -0.25) is 4.57 Å². The number of aliphatic hydroxyl groups excluding tert-OH is 1. The number of fused-ring (bicyclic) bond motifs is 1. The fourth-order valence-corrected chi connectivity index (χ4v) is 4.17. The number of hydrogen-bond acceptors (Lipinski definition) is 9. The number of halogens is 1. The number of carboxylic acids is 1. The van der Waals surface area contributed by atoms with E-state index in [0.29, 0.717) is 11.2 Å². The normalized spacial score (nSPS) is 21.9. The summed E-state index contributed by atoms with van der Waals surface area (Å²) in [6, 6.07) is 2.86. The van der Waals surface area contributed by atoms with Crippen LogP contribution in [0.15, 0.2) is 35.7 Å². The highest BCUT2D eigenvalue weighted by atomic mass is 32.3. The Labute approximate surface area is 169 Å². The summed E-state index contributed by atoms with van der Waals surface area (Å²) in [5, 5.41) is 19.3. The molecule has 0 saturated carbocycles. The molecule has 30 heavy (non-hydrogen) atoms. The molecule has 2 aromatic heterocycles. The molecule has 3 heterocycles. The fourth-order valence-electron chi connectivity index (χ4n) is 3.67. The number of nitrogens with zero attached hydrogens (tertiary/aromatic N) is 4. The molecule has 1 fully saturated rings. The summed E-state index contributed by atoms with van der Waals surface area (Å²) >= 11 is 0. The van der Waals surface area contributed by atoms with E-state index >= 15 is 0 Å². The van der Waals surface area contributed by atoms with Crippen molar-refractivity contribution in [2.45, 2.75) is 29.6 Å². The second kappa shape index (κ2) is 7.27. The van der Waals surface area contributed by atoms with Gasteiger partial charge in [-0.05, 0) is 23.8 Å². The number of rotatable bonds is 5. The molecule has 1 aromatic carbocycles. The Hall–Kier alpha value is -3.16. The molecule has 1 aliphatic heterocycles. The van der Waals surface area contributed by atoms with Crippen molar-refractivity contribution in [3.63, 3.8) is 0 Å². The summed E-state index contributed by atoms with van der Waals surface area (Å²) < 4.78 is 43.6. The van der Waals surface area contributed by atoms with Crippen molar-refractivity contribution in [2.75, 3.05) is 12.3 Å². The Kier molecular flexibility index (Phi) is 4.88. The number of imidazole rings is 1. The number of ether oxygens (including phenoxy) is 1. The molecule has 4 N–H and O–H groups in total. The van der Waals surface area contributed by atoms with E-state index in [0.717, 1.165) is 18.2 Å². The number of nitrogens with two attached hydrogens (primary N) is 1. The Morgan fingerprint density at radius 1 is 1.33 bits per heavy atom. The summed E-state index contributed by atoms with van der Waals surface area (Å²) in [7, 11) is -5.05. The van der Waals surface area contributed by atoms with Crippen molar-refractivity contribution in [1.29, 1.82) is 0 Å². The smallest absolute Gasteiger partial charge is 0.335 e. The third-order valence-electron chi connectivity index (χ3n) is 5.05. The van der Waals surface area contributed by atoms with Crippen LogP contribution in [0.5, 0.6) is 0 Å². The van der Waals surface area contributed by atoms with E-state index in [-0.39, 0.29) is 23.4 Å². The molecule has 0 radical (unpaired) electrons. The molecule has 13 heteroatoms. The Morgan fingerprint density at radius 2 is 2.10 bits per heavy atom. The molecule has 1 aliphatic rings. The van der Waals surface area contributed by atoms with Gasteiger partial charge >= 0.3 is 16.2 Å². The largest absolute Gasteiger partial charge is 0.478 e. The predicted molar refractivity (Wildman–Crippen MR) is 99.8 cm³/mol. The van der Waals surface area contributed by atoms with Crippen LogP contribution in [0.4, 0.5) is 9.70 Å². The maximum Gasteiger partial charge on any atom is 0.335 e. The molecule has 3 aromatic rings. The molecule has 0 unspecified atom stereocenters. The second-order valence-electron chi connectivity index (χ2n) is 6.73. The van der Waals surface area contributed by atoms with Gasteiger partial charge in [0.15, 0.2) is 11.5 Å². The van der Waals surface area contributed by atoms with E-state index in [1.54, 1.807) is 4.57 Å². The van der Waals surface area contributed by atoms with Crippen LogP contribution in [0.2, 0.25) is 0 Å². The van der Waals surface area contributed by atoms with E-state index < -0.39 is 45.9 Å². The minimum atomic E-state index is -5.05. The molecule has 0 aliphatic carbocycles. The van der Waals surface area contributed by atoms with E-state index in [1.165, 1.54) is 12.7 Å². The molecule has 4 rings (SSSR count). The molecule has 0 amide bonds. The van der Waals surface area contributed by atoms with Crippen molar-refractivity contribution in [3.8, 4) is 0 Å². The Balaban J connectivity index is 1.78. The van der Waals surface area contributed by atoms with Crippen LogP contribution in [0.1, 0.15) is 34.5 Å². The third kappa shape index (κ3) is 3.36. The average molecular weight is 437 g/mol. The van der Waals surface area contributed by atoms with E-state index in [9.17, 15) is 27.3 Å². The topological polar surface area (TPSA) is 171 Å². The van der Waals surface area contributed by atoms with Gasteiger partial charge in [-0.15, -0.1) is 3.89 Å². The summed E-state index contributed by atoms with van der Waals surface area (Å²) in [4.78, 5) is 23.1. The SMILES string of the molecule is Nc1ncnc2c1ncn2[C@H]1C[C@H](c2cc(S(=O)(=O)F)ccc2C(=O)O)[C@@H](CO)O1. The van der Waals surface area contributed by atoms with Gasteiger partial charge in [0.25, 0.3) is 0 Å². The van der Waals surface area contributed by atoms with Crippen molar-refractivity contribution in [2.24, 2.45) is 0 Å². The second-order valence-corrected chi connectivity index (χ2v) is 8.08. The van der Waals surface area contributed by atoms with E-state index in [4.69, 9.17) is 10.5 Å². The van der Waals surface area contributed by atoms with Gasteiger partial charge in [-0.1, -0.05) is 0 Å². The quantitative estimate of drug-likeness (QED) is 0.486. The lowest BCUT2D eigenvalue weighted by Crippen LogP contribution is -2.21. The molecule has 11 nitrogen and oxygen atoms in total. The number of aliphatic hydroxyl groups is 1. The van der Waals surface area contributed by atoms with Gasteiger partial charge in [0, 0.05) is 12.3 Å². The zero-order valence-electron chi connectivity index (χ0n) is 15.2. The minimum Gasteiger partial charge on any atom is -0.478 e. The third-order valence-corrected chi connectivity index (χ3v) is 5.86. The number of hydrogen-bond donors (Lipinski definition) is 3. The first-order valence-electron chi connectivity index (χ1n) is 8.72. The van der Waals surface area contributed by atoms with Crippen molar-refractivity contribution in [3.05, 3.63) is 42.0 Å². The van der Waals surface area contributed by atoms with Crippen LogP contribution in [0, 0.1) is 0 Å². The first-order chi connectivity index (χ1) is 14.2. The Morgan fingerprint density at radius 3 is 2.77 bits per heavy atom. The summed E-state index contributed by atoms with van der Waals surface area (Å²) in [5.41, 5.74) is 6.34. The molecule has 158 valence electrons. The van der Waals surface area contributed by atoms with Crippen LogP contribution in [0.25, 0.3) is 11.2 Å². The number of anilines is 1. The molecular formula is C17H16FN5O6S. The van der Waals surface area contributed by atoms with Crippen molar-refractivity contribution < 1.29 is 32.0 Å². The maximum absolute atomic E-state index is 13.5. The lowest BCUT2D eigenvalue weighted by atomic mass is 9.88. The van der Waals surface area contributed by atoms with Gasteiger partial charge in [-0.2, -0.15) is 8.42 Å². The number of carboxylic acid groups (broad SMARTS) is 1. The van der Waals surface area contributed by atoms with Crippen LogP contribution in [-0.4, -0.2) is 56.8 Å². The van der Waals surface area contributed by atoms with Crippen LogP contribution in [-0.2, 0) is 15.0 Å². The lowest BCUT2D eigenvalue weighted by Gasteiger charge is -2.18. The first kappa shape index (κ1) is 20.1. The predicted octanol–water partition coefficient (Wildman–Crippen LogP) is 0.828. The van der Waals surface area contributed by atoms with Crippen LogP contribution < -0.4 is 5.73 Å². The number of aromatic nitrogens is 4. The number of benzene rings is 1.